The van der Waals surface area contributed by atoms with Crippen molar-refractivity contribution in [3.05, 3.63) is 48.3 Å². The number of aromatic hydroxyl groups is 1. The molecule has 2 nitrogen and oxygen atoms in total. The van der Waals surface area contributed by atoms with Crippen LogP contribution in [0, 0.1) is 11.7 Å². The van der Waals surface area contributed by atoms with Crippen LogP contribution in [0.15, 0.2) is 42.5 Å². The highest BCUT2D eigenvalue weighted by molar-refractivity contribution is 5.65. The second-order valence-corrected chi connectivity index (χ2v) is 5.70. The second-order valence-electron chi connectivity index (χ2n) is 5.70. The molecule has 22 heavy (non-hydrogen) atoms. The zero-order valence-corrected chi connectivity index (χ0v) is 13.2. The van der Waals surface area contributed by atoms with Gasteiger partial charge in [-0.25, -0.2) is 4.39 Å². The van der Waals surface area contributed by atoms with Gasteiger partial charge in [-0.15, -0.1) is 0 Å². The Morgan fingerprint density at radius 1 is 1.09 bits per heavy atom. The Morgan fingerprint density at radius 3 is 2.41 bits per heavy atom. The van der Waals surface area contributed by atoms with Crippen molar-refractivity contribution >= 4 is 0 Å². The van der Waals surface area contributed by atoms with Gasteiger partial charge in [0.05, 0.1) is 6.61 Å². The first kappa shape index (κ1) is 16.3. The average Bonchev–Trinajstić information content (AvgIpc) is 2.53. The van der Waals surface area contributed by atoms with Crippen molar-refractivity contribution in [2.75, 3.05) is 6.61 Å². The van der Waals surface area contributed by atoms with Crippen molar-refractivity contribution in [2.45, 2.75) is 33.1 Å². The minimum absolute atomic E-state index is 0.200. The summed E-state index contributed by atoms with van der Waals surface area (Å²) in [4.78, 5) is 0. The van der Waals surface area contributed by atoms with E-state index in [1.54, 1.807) is 30.3 Å². The fourth-order valence-electron chi connectivity index (χ4n) is 2.27. The van der Waals surface area contributed by atoms with Crippen LogP contribution in [-0.2, 0) is 0 Å². The first-order valence-electron chi connectivity index (χ1n) is 7.82. The smallest absolute Gasteiger partial charge is 0.165 e. The Balaban J connectivity index is 1.96. The minimum atomic E-state index is -0.353. The van der Waals surface area contributed by atoms with E-state index in [4.69, 9.17) is 4.74 Å². The van der Waals surface area contributed by atoms with Crippen molar-refractivity contribution in [3.8, 4) is 22.6 Å². The van der Waals surface area contributed by atoms with Crippen molar-refractivity contribution in [2.24, 2.45) is 5.92 Å². The summed E-state index contributed by atoms with van der Waals surface area (Å²) >= 11 is 0. The predicted octanol–water partition coefficient (Wildman–Crippen LogP) is 5.40. The van der Waals surface area contributed by atoms with Crippen LogP contribution in [0.3, 0.4) is 0 Å². The molecule has 0 unspecified atom stereocenters. The largest absolute Gasteiger partial charge is 0.508 e. The molecule has 2 aromatic carbocycles. The number of ether oxygens (including phenoxy) is 1. The van der Waals surface area contributed by atoms with Crippen LogP contribution in [0.5, 0.6) is 11.5 Å². The van der Waals surface area contributed by atoms with Gasteiger partial charge in [-0.1, -0.05) is 38.5 Å². The number of halogens is 1. The van der Waals surface area contributed by atoms with Crippen molar-refractivity contribution in [1.29, 1.82) is 0 Å². The van der Waals surface area contributed by atoms with Crippen LogP contribution < -0.4 is 4.74 Å². The van der Waals surface area contributed by atoms with Crippen LogP contribution in [0.1, 0.15) is 33.1 Å². The molecule has 0 heterocycles. The van der Waals surface area contributed by atoms with E-state index in [0.717, 1.165) is 30.4 Å². The van der Waals surface area contributed by atoms with Crippen molar-refractivity contribution in [1.82, 2.24) is 0 Å². The molecule has 118 valence electrons. The zero-order chi connectivity index (χ0) is 15.9. The highest BCUT2D eigenvalue weighted by atomic mass is 19.1. The Bertz CT molecular complexity index is 593. The van der Waals surface area contributed by atoms with Crippen molar-refractivity contribution in [3.63, 3.8) is 0 Å². The molecule has 0 fully saturated rings. The third-order valence-corrected chi connectivity index (χ3v) is 3.93. The Morgan fingerprint density at radius 2 is 1.77 bits per heavy atom. The molecule has 0 aliphatic carbocycles. The van der Waals surface area contributed by atoms with Gasteiger partial charge in [0.1, 0.15) is 5.75 Å². The van der Waals surface area contributed by atoms with Gasteiger partial charge in [-0.2, -0.15) is 0 Å². The Kier molecular flexibility index (Phi) is 5.82. The number of hydrogen-bond acceptors (Lipinski definition) is 2. The molecule has 0 aliphatic rings. The lowest BCUT2D eigenvalue weighted by Crippen LogP contribution is -2.02. The molecule has 0 spiro atoms. The summed E-state index contributed by atoms with van der Waals surface area (Å²) in [6.45, 7) is 4.93. The molecule has 2 rings (SSSR count). The standard InChI is InChI=1S/C19H23FO2/c1-3-14(2)5-4-12-22-19-11-8-16(13-18(19)20)15-6-9-17(21)10-7-15/h6-11,13-14,21H,3-5,12H2,1-2H3/t14-/m0/s1. The Labute approximate surface area is 131 Å². The highest BCUT2D eigenvalue weighted by Crippen LogP contribution is 2.27. The summed E-state index contributed by atoms with van der Waals surface area (Å²) in [5.41, 5.74) is 1.63. The molecule has 1 atom stereocenters. The quantitative estimate of drug-likeness (QED) is 0.693. The molecule has 0 amide bonds. The van der Waals surface area contributed by atoms with Gasteiger partial charge in [0.2, 0.25) is 0 Å². The molecule has 3 heteroatoms. The maximum absolute atomic E-state index is 14.1. The van der Waals surface area contributed by atoms with Crippen LogP contribution >= 0.6 is 0 Å². The molecule has 0 bridgehead atoms. The van der Waals surface area contributed by atoms with Crippen LogP contribution in [0.4, 0.5) is 4.39 Å². The molecule has 0 radical (unpaired) electrons. The summed E-state index contributed by atoms with van der Waals surface area (Å²) in [7, 11) is 0. The average molecular weight is 302 g/mol. The summed E-state index contributed by atoms with van der Waals surface area (Å²) in [5.74, 6) is 0.830. The van der Waals surface area contributed by atoms with Crippen LogP contribution in [-0.4, -0.2) is 11.7 Å². The van der Waals surface area contributed by atoms with Gasteiger partial charge in [-0.3, -0.25) is 0 Å². The monoisotopic (exact) mass is 302 g/mol. The summed E-state index contributed by atoms with van der Waals surface area (Å²) < 4.78 is 19.6. The van der Waals surface area contributed by atoms with Gasteiger partial charge in [0, 0.05) is 0 Å². The number of benzene rings is 2. The number of phenols is 1. The fraction of sp³-hybridized carbons (Fsp3) is 0.368. The van der Waals surface area contributed by atoms with Crippen molar-refractivity contribution < 1.29 is 14.2 Å². The maximum Gasteiger partial charge on any atom is 0.165 e. The third-order valence-electron chi connectivity index (χ3n) is 3.93. The van der Waals surface area contributed by atoms with E-state index in [1.807, 2.05) is 6.07 Å². The highest BCUT2D eigenvalue weighted by Gasteiger charge is 2.07. The zero-order valence-electron chi connectivity index (χ0n) is 13.2. The van der Waals surface area contributed by atoms with E-state index in [2.05, 4.69) is 13.8 Å². The molecule has 0 saturated carbocycles. The topological polar surface area (TPSA) is 29.5 Å². The number of hydrogen-bond donors (Lipinski definition) is 1. The van der Waals surface area contributed by atoms with Gasteiger partial charge in [-0.05, 0) is 54.2 Å². The molecular formula is C19H23FO2. The van der Waals surface area contributed by atoms with E-state index in [0.29, 0.717) is 18.3 Å². The lowest BCUT2D eigenvalue weighted by atomic mass is 10.0. The Hall–Kier alpha value is -2.03. The lowest BCUT2D eigenvalue weighted by Gasteiger charge is -2.11. The van der Waals surface area contributed by atoms with E-state index >= 15 is 0 Å². The van der Waals surface area contributed by atoms with Crippen LogP contribution in [0.2, 0.25) is 0 Å². The molecule has 0 saturated heterocycles. The molecular weight excluding hydrogens is 279 g/mol. The van der Waals surface area contributed by atoms with E-state index in [9.17, 15) is 9.50 Å². The normalized spacial score (nSPS) is 12.1. The van der Waals surface area contributed by atoms with Gasteiger partial charge in [0.15, 0.2) is 11.6 Å². The molecule has 1 N–H and O–H groups in total. The molecule has 0 aliphatic heterocycles. The summed E-state index contributed by atoms with van der Waals surface area (Å²) in [6.07, 6.45) is 3.20. The summed E-state index contributed by atoms with van der Waals surface area (Å²) in [5, 5.41) is 9.29. The van der Waals surface area contributed by atoms with E-state index in [-0.39, 0.29) is 11.6 Å². The van der Waals surface area contributed by atoms with Crippen LogP contribution in [0.25, 0.3) is 11.1 Å². The maximum atomic E-state index is 14.1. The SMILES string of the molecule is CC[C@H](C)CCCOc1ccc(-c2ccc(O)cc2)cc1F. The van der Waals surface area contributed by atoms with E-state index < -0.39 is 0 Å². The second kappa shape index (κ2) is 7.83. The van der Waals surface area contributed by atoms with E-state index in [1.165, 1.54) is 6.07 Å². The number of phenolic OH excluding ortho intramolecular Hbond substituents is 1. The van der Waals surface area contributed by atoms with Gasteiger partial charge < -0.3 is 9.84 Å². The van der Waals surface area contributed by atoms with Gasteiger partial charge in [0.25, 0.3) is 0 Å². The lowest BCUT2D eigenvalue weighted by molar-refractivity contribution is 0.281. The van der Waals surface area contributed by atoms with Gasteiger partial charge >= 0.3 is 0 Å². The first-order chi connectivity index (χ1) is 10.6. The molecule has 0 aromatic heterocycles. The predicted molar refractivity (Wildman–Crippen MR) is 87.7 cm³/mol. The minimum Gasteiger partial charge on any atom is -0.508 e. The fourth-order valence-corrected chi connectivity index (χ4v) is 2.27. The molecule has 2 aromatic rings. The third kappa shape index (κ3) is 4.48. The summed E-state index contributed by atoms with van der Waals surface area (Å²) in [6, 6.07) is 11.7. The first-order valence-corrected chi connectivity index (χ1v) is 7.82. The number of rotatable bonds is 7.